The van der Waals surface area contributed by atoms with Crippen molar-refractivity contribution in [2.45, 2.75) is 6.92 Å². The number of carbonyl (C=O) groups excluding carboxylic acids is 1. The Morgan fingerprint density at radius 3 is 2.71 bits per heavy atom. The zero-order chi connectivity index (χ0) is 12.7. The summed E-state index contributed by atoms with van der Waals surface area (Å²) in [6.07, 6.45) is -0.849. The molecule has 1 saturated heterocycles. The van der Waals surface area contributed by atoms with Gasteiger partial charge in [-0.25, -0.2) is 4.79 Å². The molecule has 0 aromatic carbocycles. The smallest absolute Gasteiger partial charge is 0.481 e. The van der Waals surface area contributed by atoms with E-state index in [4.69, 9.17) is 5.11 Å². The van der Waals surface area contributed by atoms with Gasteiger partial charge in [0.2, 0.25) is 0 Å². The first-order valence-corrected chi connectivity index (χ1v) is 4.93. The molecule has 17 heavy (non-hydrogen) atoms. The van der Waals surface area contributed by atoms with Crippen LogP contribution in [0.4, 0.5) is 4.79 Å². The highest BCUT2D eigenvalue weighted by molar-refractivity contribution is 5.71. The summed E-state index contributed by atoms with van der Waals surface area (Å²) in [6, 6.07) is 0. The molecule has 9 nitrogen and oxygen atoms in total. The second-order valence-corrected chi connectivity index (χ2v) is 3.15. The van der Waals surface area contributed by atoms with Gasteiger partial charge in [-0.05, 0) is 12.1 Å². The van der Waals surface area contributed by atoms with E-state index in [1.807, 2.05) is 0 Å². The van der Waals surface area contributed by atoms with E-state index in [1.54, 1.807) is 6.92 Å². The topological polar surface area (TPSA) is 110 Å². The van der Waals surface area contributed by atoms with Crippen molar-refractivity contribution in [2.24, 2.45) is 16.4 Å². The highest BCUT2D eigenvalue weighted by Gasteiger charge is 2.32. The van der Waals surface area contributed by atoms with Crippen LogP contribution < -0.4 is 0 Å². The summed E-state index contributed by atoms with van der Waals surface area (Å²) in [4.78, 5) is 25.6. The lowest BCUT2D eigenvalue weighted by atomic mass is 10.0. The quantitative estimate of drug-likeness (QED) is 0.238. The zero-order valence-corrected chi connectivity index (χ0v) is 9.24. The minimum absolute atomic E-state index is 0.213. The molecule has 0 bridgehead atoms. The summed E-state index contributed by atoms with van der Waals surface area (Å²) in [6.45, 7) is 2.04. The summed E-state index contributed by atoms with van der Waals surface area (Å²) >= 11 is 0. The van der Waals surface area contributed by atoms with Gasteiger partial charge in [-0.15, -0.1) is 0 Å². The summed E-state index contributed by atoms with van der Waals surface area (Å²) in [5, 5.41) is 16.8. The van der Waals surface area contributed by atoms with Crippen molar-refractivity contribution in [3.05, 3.63) is 0 Å². The van der Waals surface area contributed by atoms with Crippen molar-refractivity contribution < 1.29 is 29.0 Å². The maximum absolute atomic E-state index is 10.7. The third-order valence-corrected chi connectivity index (χ3v) is 1.92. The molecule has 96 valence electrons. The first kappa shape index (κ1) is 13.0. The molecule has 9 heteroatoms. The van der Waals surface area contributed by atoms with Crippen LogP contribution in [0.3, 0.4) is 0 Å². The molecule has 0 aromatic rings. The van der Waals surface area contributed by atoms with Crippen molar-refractivity contribution in [1.29, 1.82) is 0 Å². The zero-order valence-electron chi connectivity index (χ0n) is 9.24. The van der Waals surface area contributed by atoms with Crippen molar-refractivity contribution in [1.82, 2.24) is 5.01 Å². The minimum Gasteiger partial charge on any atom is -0.481 e. The van der Waals surface area contributed by atoms with Gasteiger partial charge in [0.15, 0.2) is 0 Å². The van der Waals surface area contributed by atoms with Gasteiger partial charge in [-0.3, -0.25) is 9.80 Å². The monoisotopic (exact) mass is 247 g/mol. The number of ether oxygens (including phenoxy) is 2. The molecule has 1 aliphatic heterocycles. The van der Waals surface area contributed by atoms with Crippen LogP contribution in [-0.4, -0.2) is 48.7 Å². The van der Waals surface area contributed by atoms with Gasteiger partial charge in [0.05, 0.1) is 25.6 Å². The van der Waals surface area contributed by atoms with Gasteiger partial charge >= 0.3 is 12.1 Å². The molecule has 0 spiro atoms. The average Bonchev–Trinajstić information content (AvgIpc) is 2.19. The average molecular weight is 247 g/mol. The molecule has 1 heterocycles. The van der Waals surface area contributed by atoms with E-state index in [0.29, 0.717) is 13.1 Å². The standard InChI is InChI=1S/C8H13N3O6/c1-2-15-8(14)16-5-17-10-9-11-3-6(4-11)7(12)13/h6H,2-5H2,1H3,(H,12,13). The second kappa shape index (κ2) is 6.51. The number of hydrogen-bond acceptors (Lipinski definition) is 7. The van der Waals surface area contributed by atoms with E-state index in [0.717, 1.165) is 0 Å². The van der Waals surface area contributed by atoms with Crippen molar-refractivity contribution >= 4 is 12.1 Å². The van der Waals surface area contributed by atoms with E-state index >= 15 is 0 Å². The van der Waals surface area contributed by atoms with Crippen LogP contribution in [0.1, 0.15) is 6.92 Å². The molecule has 0 atom stereocenters. The van der Waals surface area contributed by atoms with Gasteiger partial charge in [0.1, 0.15) is 0 Å². The third kappa shape index (κ3) is 4.53. The van der Waals surface area contributed by atoms with Crippen molar-refractivity contribution in [3.63, 3.8) is 0 Å². The summed E-state index contributed by atoms with van der Waals surface area (Å²) in [5.74, 6) is -1.27. The molecule has 1 aliphatic rings. The maximum atomic E-state index is 10.7. The lowest BCUT2D eigenvalue weighted by Crippen LogP contribution is -2.46. The van der Waals surface area contributed by atoms with E-state index in [1.165, 1.54) is 5.01 Å². The Morgan fingerprint density at radius 1 is 1.41 bits per heavy atom. The highest BCUT2D eigenvalue weighted by Crippen LogP contribution is 2.15. The molecule has 0 radical (unpaired) electrons. The molecule has 1 fully saturated rings. The molecule has 0 unspecified atom stereocenters. The van der Waals surface area contributed by atoms with Crippen LogP contribution in [0.15, 0.2) is 10.5 Å². The largest absolute Gasteiger partial charge is 0.511 e. The summed E-state index contributed by atoms with van der Waals surface area (Å²) in [7, 11) is 0. The summed E-state index contributed by atoms with van der Waals surface area (Å²) < 4.78 is 8.88. The third-order valence-electron chi connectivity index (χ3n) is 1.92. The predicted octanol–water partition coefficient (Wildman–Crippen LogP) is 0.432. The Hall–Kier alpha value is -2.06. The molecule has 1 N–H and O–H groups in total. The fourth-order valence-corrected chi connectivity index (χ4v) is 1.02. The van der Waals surface area contributed by atoms with Gasteiger partial charge in [-0.1, -0.05) is 0 Å². The van der Waals surface area contributed by atoms with Crippen molar-refractivity contribution in [2.75, 3.05) is 26.5 Å². The van der Waals surface area contributed by atoms with Gasteiger partial charge in [0, 0.05) is 5.28 Å². The minimum atomic E-state index is -0.858. The fraction of sp³-hybridized carbons (Fsp3) is 0.750. The van der Waals surface area contributed by atoms with Gasteiger partial charge in [0.25, 0.3) is 6.79 Å². The number of carboxylic acid groups (broad SMARTS) is 1. The fourth-order valence-electron chi connectivity index (χ4n) is 1.02. The lowest BCUT2D eigenvalue weighted by Gasteiger charge is -2.32. The highest BCUT2D eigenvalue weighted by atomic mass is 16.8. The van der Waals surface area contributed by atoms with Crippen molar-refractivity contribution in [3.8, 4) is 0 Å². The first-order valence-electron chi connectivity index (χ1n) is 4.93. The second-order valence-electron chi connectivity index (χ2n) is 3.15. The Morgan fingerprint density at radius 2 is 2.12 bits per heavy atom. The number of carbonyl (C=O) groups is 2. The SMILES string of the molecule is CCOC(=O)OCON=NN1CC(C(=O)O)C1. The van der Waals surface area contributed by atoms with E-state index < -0.39 is 24.8 Å². The Kier molecular flexibility index (Phi) is 4.98. The van der Waals surface area contributed by atoms with Crippen LogP contribution in [0, 0.1) is 5.92 Å². The maximum Gasteiger partial charge on any atom is 0.511 e. The van der Waals surface area contributed by atoms with Crippen LogP contribution in [0.2, 0.25) is 0 Å². The molecule has 0 aliphatic carbocycles. The van der Waals surface area contributed by atoms with E-state index in [9.17, 15) is 9.59 Å². The number of nitrogens with zero attached hydrogens (tertiary/aromatic N) is 3. The van der Waals surface area contributed by atoms with Gasteiger partial charge in [-0.2, -0.15) is 0 Å². The van der Waals surface area contributed by atoms with Crippen LogP contribution in [-0.2, 0) is 19.1 Å². The Balaban J connectivity index is 2.01. The molecule has 0 aromatic heterocycles. The molecular formula is C8H13N3O6. The first-order chi connectivity index (χ1) is 8.13. The predicted molar refractivity (Wildman–Crippen MR) is 51.6 cm³/mol. The summed E-state index contributed by atoms with van der Waals surface area (Å²) in [5.41, 5.74) is 0. The van der Waals surface area contributed by atoms with Crippen LogP contribution in [0.25, 0.3) is 0 Å². The normalized spacial score (nSPS) is 15.5. The van der Waals surface area contributed by atoms with E-state index in [-0.39, 0.29) is 6.61 Å². The number of hydrogen-bond donors (Lipinski definition) is 1. The number of rotatable bonds is 6. The number of carboxylic acids is 1. The molecule has 0 saturated carbocycles. The van der Waals surface area contributed by atoms with Crippen LogP contribution >= 0.6 is 0 Å². The molecular weight excluding hydrogens is 234 g/mol. The van der Waals surface area contributed by atoms with E-state index in [2.05, 4.69) is 24.8 Å². The molecule has 1 rings (SSSR count). The molecule has 0 amide bonds. The lowest BCUT2D eigenvalue weighted by molar-refractivity contribution is -0.148. The van der Waals surface area contributed by atoms with Crippen LogP contribution in [0.5, 0.6) is 0 Å². The van der Waals surface area contributed by atoms with Gasteiger partial charge < -0.3 is 19.4 Å². The Bertz CT molecular complexity index is 302. The Labute approximate surface area is 96.9 Å². The number of aliphatic carboxylic acids is 1.